The summed E-state index contributed by atoms with van der Waals surface area (Å²) in [7, 11) is 3.95. The van der Waals surface area contributed by atoms with Gasteiger partial charge >= 0.3 is 0 Å². The maximum absolute atomic E-state index is 12.4. The number of rotatable bonds is 3. The first-order chi connectivity index (χ1) is 12.9. The lowest BCUT2D eigenvalue weighted by Crippen LogP contribution is -2.27. The van der Waals surface area contributed by atoms with Gasteiger partial charge in [0.15, 0.2) is 5.71 Å². The normalized spacial score (nSPS) is 20.2. The van der Waals surface area contributed by atoms with Crippen molar-refractivity contribution in [3.05, 3.63) is 58.6 Å². The molecule has 0 aromatic heterocycles. The molecule has 1 atom stereocenters. The summed E-state index contributed by atoms with van der Waals surface area (Å²) in [4.78, 5) is 26.8. The van der Waals surface area contributed by atoms with E-state index in [2.05, 4.69) is 10.4 Å². The Balaban J connectivity index is 1.70. The number of nitrogens with one attached hydrogen (secondary N) is 1. The van der Waals surface area contributed by atoms with Gasteiger partial charge in [0, 0.05) is 30.4 Å². The van der Waals surface area contributed by atoms with E-state index in [1.807, 2.05) is 43.3 Å². The van der Waals surface area contributed by atoms with Crippen LogP contribution in [0.15, 0.2) is 47.6 Å². The smallest absolute Gasteiger partial charge is 0.276 e. The maximum Gasteiger partial charge on any atom is 0.276 e. The van der Waals surface area contributed by atoms with Crippen molar-refractivity contribution in [3.8, 4) is 0 Å². The number of anilines is 2. The minimum Gasteiger partial charge on any atom is -0.378 e. The van der Waals surface area contributed by atoms with Gasteiger partial charge in [-0.3, -0.25) is 9.59 Å². The monoisotopic (exact) mass is 400 g/mol. The van der Waals surface area contributed by atoms with E-state index in [1.54, 1.807) is 18.2 Å². The molecule has 2 heterocycles. The molecule has 1 fully saturated rings. The molecule has 2 aromatic rings. The van der Waals surface area contributed by atoms with Crippen molar-refractivity contribution in [2.24, 2.45) is 5.10 Å². The molecule has 0 radical (unpaired) electrons. The zero-order valence-electron chi connectivity index (χ0n) is 14.8. The summed E-state index contributed by atoms with van der Waals surface area (Å²) >= 11 is 7.56. The number of carbonyl (C=O) groups excluding carboxylic acids is 2. The van der Waals surface area contributed by atoms with Crippen LogP contribution in [-0.2, 0) is 9.59 Å². The quantitative estimate of drug-likeness (QED) is 0.858. The van der Waals surface area contributed by atoms with Crippen LogP contribution in [0.2, 0.25) is 5.02 Å². The van der Waals surface area contributed by atoms with Crippen molar-refractivity contribution < 1.29 is 9.59 Å². The van der Waals surface area contributed by atoms with E-state index in [1.165, 1.54) is 16.8 Å². The van der Waals surface area contributed by atoms with Crippen LogP contribution in [0, 0.1) is 0 Å². The second-order valence-corrected chi connectivity index (χ2v) is 7.99. The van der Waals surface area contributed by atoms with Crippen LogP contribution in [0.1, 0.15) is 16.5 Å². The fourth-order valence-corrected chi connectivity index (χ4v) is 4.29. The summed E-state index contributed by atoms with van der Waals surface area (Å²) in [6, 6.07) is 13.1. The van der Waals surface area contributed by atoms with Gasteiger partial charge in [-0.25, -0.2) is 5.01 Å². The number of halogens is 1. The fraction of sp³-hybridized carbons (Fsp3) is 0.211. The Morgan fingerprint density at radius 2 is 1.93 bits per heavy atom. The number of hydrazone groups is 1. The molecule has 0 saturated carbocycles. The third-order valence-corrected chi connectivity index (χ3v) is 5.88. The first-order valence-electron chi connectivity index (χ1n) is 8.35. The van der Waals surface area contributed by atoms with Crippen LogP contribution in [-0.4, -0.2) is 42.4 Å². The highest BCUT2D eigenvalue weighted by molar-refractivity contribution is 8.00. The molecule has 0 bridgehead atoms. The number of fused-ring (bicyclic) bond motifs is 1. The molecular weight excluding hydrogens is 384 g/mol. The second kappa shape index (κ2) is 6.90. The Labute approximate surface area is 166 Å². The average Bonchev–Trinajstić information content (AvgIpc) is 3.16. The Hall–Kier alpha value is -2.51. The van der Waals surface area contributed by atoms with Gasteiger partial charge in [-0.1, -0.05) is 23.7 Å². The van der Waals surface area contributed by atoms with Gasteiger partial charge in [0.25, 0.3) is 11.8 Å². The summed E-state index contributed by atoms with van der Waals surface area (Å²) in [6.07, 6.45) is 0. The minimum absolute atomic E-state index is 0.127. The average molecular weight is 401 g/mol. The number of benzene rings is 2. The Bertz CT molecular complexity index is 959. The van der Waals surface area contributed by atoms with Crippen LogP contribution in [0.3, 0.4) is 0 Å². The molecular formula is C19H17ClN4O2S. The number of hydrogen-bond acceptors (Lipinski definition) is 5. The van der Waals surface area contributed by atoms with Crippen molar-refractivity contribution >= 4 is 52.3 Å². The molecule has 8 heteroatoms. The van der Waals surface area contributed by atoms with Crippen molar-refractivity contribution in [1.29, 1.82) is 0 Å². The molecule has 2 aromatic carbocycles. The van der Waals surface area contributed by atoms with Crippen LogP contribution in [0.4, 0.5) is 11.4 Å². The van der Waals surface area contributed by atoms with Crippen molar-refractivity contribution in [2.45, 2.75) is 5.37 Å². The molecule has 138 valence electrons. The van der Waals surface area contributed by atoms with E-state index in [-0.39, 0.29) is 22.9 Å². The summed E-state index contributed by atoms with van der Waals surface area (Å²) in [5, 5.41) is 8.84. The van der Waals surface area contributed by atoms with E-state index in [0.717, 1.165) is 11.3 Å². The van der Waals surface area contributed by atoms with Gasteiger partial charge in [-0.05, 0) is 35.9 Å². The number of nitrogens with zero attached hydrogens (tertiary/aromatic N) is 3. The highest BCUT2D eigenvalue weighted by Crippen LogP contribution is 2.40. The SMILES string of the molecule is CN(C)c1ccc(C2SCC(=O)N2N=C2C(=O)Nc3ccc(Cl)cc32)cc1. The van der Waals surface area contributed by atoms with Crippen LogP contribution in [0.5, 0.6) is 0 Å². The highest BCUT2D eigenvalue weighted by atomic mass is 35.5. The third kappa shape index (κ3) is 3.28. The zero-order valence-corrected chi connectivity index (χ0v) is 16.3. The lowest BCUT2D eigenvalue weighted by molar-refractivity contribution is -0.128. The fourth-order valence-electron chi connectivity index (χ4n) is 3.03. The molecule has 27 heavy (non-hydrogen) atoms. The topological polar surface area (TPSA) is 65.0 Å². The molecule has 6 nitrogen and oxygen atoms in total. The van der Waals surface area contributed by atoms with Crippen molar-refractivity contribution in [3.63, 3.8) is 0 Å². The molecule has 2 aliphatic rings. The summed E-state index contributed by atoms with van der Waals surface area (Å²) < 4.78 is 0. The first kappa shape index (κ1) is 17.9. The van der Waals surface area contributed by atoms with E-state index in [0.29, 0.717) is 22.0 Å². The van der Waals surface area contributed by atoms with Crippen LogP contribution >= 0.6 is 23.4 Å². The summed E-state index contributed by atoms with van der Waals surface area (Å²) in [6.45, 7) is 0. The van der Waals surface area contributed by atoms with Gasteiger partial charge in [0.05, 0.1) is 11.4 Å². The molecule has 2 amide bonds. The summed E-state index contributed by atoms with van der Waals surface area (Å²) in [5.74, 6) is -0.142. The van der Waals surface area contributed by atoms with E-state index < -0.39 is 0 Å². The number of carbonyl (C=O) groups is 2. The highest BCUT2D eigenvalue weighted by Gasteiger charge is 2.36. The molecule has 0 spiro atoms. The van der Waals surface area contributed by atoms with Crippen LogP contribution < -0.4 is 10.2 Å². The van der Waals surface area contributed by atoms with Gasteiger partial charge in [-0.15, -0.1) is 11.8 Å². The molecule has 2 aliphatic heterocycles. The lowest BCUT2D eigenvalue weighted by Gasteiger charge is -2.20. The number of amides is 2. The maximum atomic E-state index is 12.4. The summed E-state index contributed by atoms with van der Waals surface area (Å²) in [5.41, 5.74) is 3.50. The van der Waals surface area contributed by atoms with Crippen molar-refractivity contribution in [1.82, 2.24) is 5.01 Å². The third-order valence-electron chi connectivity index (χ3n) is 4.44. The van der Waals surface area contributed by atoms with E-state index >= 15 is 0 Å². The molecule has 1 N–H and O–H groups in total. The minimum atomic E-state index is -0.335. The Kier molecular flexibility index (Phi) is 4.57. The van der Waals surface area contributed by atoms with E-state index in [9.17, 15) is 9.59 Å². The molecule has 4 rings (SSSR count). The first-order valence-corrected chi connectivity index (χ1v) is 9.77. The standard InChI is InChI=1S/C19H17ClN4O2S/c1-23(2)13-6-3-11(4-7-13)19-24(16(25)10-27-19)22-17-14-9-12(20)5-8-15(14)21-18(17)26/h3-9,19H,10H2,1-2H3,(H,21,22,26). The van der Waals surface area contributed by atoms with Gasteiger partial charge in [-0.2, -0.15) is 5.10 Å². The zero-order chi connectivity index (χ0) is 19.1. The second-order valence-electron chi connectivity index (χ2n) is 6.48. The predicted octanol–water partition coefficient (Wildman–Crippen LogP) is 3.34. The van der Waals surface area contributed by atoms with Gasteiger partial charge in [0.1, 0.15) is 5.37 Å². The lowest BCUT2D eigenvalue weighted by atomic mass is 10.1. The number of hydrogen-bond donors (Lipinski definition) is 1. The molecule has 1 unspecified atom stereocenters. The van der Waals surface area contributed by atoms with Crippen molar-refractivity contribution in [2.75, 3.05) is 30.1 Å². The predicted molar refractivity (Wildman–Crippen MR) is 109 cm³/mol. The van der Waals surface area contributed by atoms with Gasteiger partial charge < -0.3 is 10.2 Å². The van der Waals surface area contributed by atoms with Gasteiger partial charge in [0.2, 0.25) is 0 Å². The van der Waals surface area contributed by atoms with E-state index in [4.69, 9.17) is 11.6 Å². The largest absolute Gasteiger partial charge is 0.378 e. The Morgan fingerprint density at radius 1 is 1.19 bits per heavy atom. The Morgan fingerprint density at radius 3 is 2.63 bits per heavy atom. The number of thioether (sulfide) groups is 1. The van der Waals surface area contributed by atoms with Crippen LogP contribution in [0.25, 0.3) is 0 Å². The molecule has 0 aliphatic carbocycles. The molecule has 1 saturated heterocycles.